The number of aliphatic hydroxyl groups is 1. The lowest BCUT2D eigenvalue weighted by molar-refractivity contribution is 0.136. The van der Waals surface area contributed by atoms with Crippen molar-refractivity contribution >= 4 is 5.96 Å². The molecule has 1 fully saturated rings. The molecule has 2 unspecified atom stereocenters. The van der Waals surface area contributed by atoms with Gasteiger partial charge in [-0.05, 0) is 19.3 Å². The lowest BCUT2D eigenvalue weighted by Gasteiger charge is -2.12. The number of aliphatic hydroxyl groups excluding tert-OH is 1. The quantitative estimate of drug-likeness (QED) is 0.342. The van der Waals surface area contributed by atoms with E-state index in [1.807, 2.05) is 0 Å². The van der Waals surface area contributed by atoms with Crippen LogP contribution >= 0.6 is 0 Å². The van der Waals surface area contributed by atoms with Crippen LogP contribution in [-0.4, -0.2) is 30.3 Å². The van der Waals surface area contributed by atoms with Crippen LogP contribution < -0.4 is 11.1 Å². The van der Waals surface area contributed by atoms with Gasteiger partial charge in [0.2, 0.25) is 0 Å². The van der Waals surface area contributed by atoms with Crippen molar-refractivity contribution in [2.24, 2.45) is 16.6 Å². The van der Waals surface area contributed by atoms with Crippen LogP contribution in [0.4, 0.5) is 0 Å². The zero-order valence-electron chi connectivity index (χ0n) is 12.4. The minimum absolute atomic E-state index is 0.171. The fourth-order valence-corrected chi connectivity index (χ4v) is 2.62. The number of guanidine groups is 1. The number of nitrogens with zero attached hydrogens (tertiary/aromatic N) is 1. The van der Waals surface area contributed by atoms with Crippen LogP contribution in [0.3, 0.4) is 0 Å². The highest BCUT2D eigenvalue weighted by molar-refractivity contribution is 5.77. The van der Waals surface area contributed by atoms with E-state index in [1.165, 1.54) is 32.1 Å². The van der Waals surface area contributed by atoms with Crippen LogP contribution in [0.1, 0.15) is 64.7 Å². The Balaban J connectivity index is 1.99. The van der Waals surface area contributed by atoms with Gasteiger partial charge in [0.05, 0.1) is 6.10 Å². The molecule has 0 radical (unpaired) electrons. The van der Waals surface area contributed by atoms with Gasteiger partial charge >= 0.3 is 0 Å². The molecule has 4 heteroatoms. The Kier molecular flexibility index (Phi) is 8.63. The predicted molar refractivity (Wildman–Crippen MR) is 81.2 cm³/mol. The molecule has 1 rings (SSSR count). The van der Waals surface area contributed by atoms with Crippen LogP contribution in [0, 0.1) is 5.92 Å². The average Bonchev–Trinajstić information content (AvgIpc) is 2.81. The van der Waals surface area contributed by atoms with Gasteiger partial charge in [-0.3, -0.25) is 4.99 Å². The van der Waals surface area contributed by atoms with Gasteiger partial charge in [0.1, 0.15) is 0 Å². The van der Waals surface area contributed by atoms with E-state index in [4.69, 9.17) is 5.73 Å². The van der Waals surface area contributed by atoms with Gasteiger partial charge in [-0.25, -0.2) is 0 Å². The van der Waals surface area contributed by atoms with Crippen molar-refractivity contribution in [1.82, 2.24) is 5.32 Å². The van der Waals surface area contributed by atoms with Gasteiger partial charge in [-0.2, -0.15) is 0 Å². The van der Waals surface area contributed by atoms with Crippen LogP contribution in [0.2, 0.25) is 0 Å². The lowest BCUT2D eigenvalue weighted by atomic mass is 10.1. The third-order valence-corrected chi connectivity index (χ3v) is 3.95. The number of nitrogens with two attached hydrogens (primary N) is 1. The largest absolute Gasteiger partial charge is 0.393 e. The maximum absolute atomic E-state index is 9.69. The van der Waals surface area contributed by atoms with E-state index in [0.717, 1.165) is 32.2 Å². The molecule has 4 nitrogen and oxygen atoms in total. The molecular weight excluding hydrogens is 238 g/mol. The van der Waals surface area contributed by atoms with Crippen LogP contribution in [-0.2, 0) is 0 Å². The third kappa shape index (κ3) is 7.41. The monoisotopic (exact) mass is 269 g/mol. The fourth-order valence-electron chi connectivity index (χ4n) is 2.62. The van der Waals surface area contributed by atoms with Gasteiger partial charge in [0, 0.05) is 19.0 Å². The van der Waals surface area contributed by atoms with Gasteiger partial charge in [0.15, 0.2) is 5.96 Å². The molecule has 0 aromatic carbocycles. The van der Waals surface area contributed by atoms with E-state index in [2.05, 4.69) is 17.2 Å². The number of aliphatic imine (C=N–C) groups is 1. The minimum atomic E-state index is -0.171. The van der Waals surface area contributed by atoms with Crippen molar-refractivity contribution in [2.75, 3.05) is 13.1 Å². The molecular formula is C15H31N3O. The normalized spacial score (nSPS) is 23.8. The van der Waals surface area contributed by atoms with Crippen LogP contribution in [0.25, 0.3) is 0 Å². The van der Waals surface area contributed by atoms with Crippen molar-refractivity contribution in [3.05, 3.63) is 0 Å². The van der Waals surface area contributed by atoms with E-state index in [9.17, 15) is 5.11 Å². The zero-order chi connectivity index (χ0) is 13.9. The number of hydrogen-bond donors (Lipinski definition) is 3. The summed E-state index contributed by atoms with van der Waals surface area (Å²) in [5.41, 5.74) is 5.82. The maximum atomic E-state index is 9.69. The smallest absolute Gasteiger partial charge is 0.188 e. The highest BCUT2D eigenvalue weighted by Gasteiger charge is 2.24. The summed E-state index contributed by atoms with van der Waals surface area (Å²) in [7, 11) is 0. The summed E-state index contributed by atoms with van der Waals surface area (Å²) in [5.74, 6) is 0.849. The van der Waals surface area contributed by atoms with Crippen molar-refractivity contribution in [1.29, 1.82) is 0 Å². The first-order chi connectivity index (χ1) is 9.24. The van der Waals surface area contributed by atoms with Crippen molar-refractivity contribution < 1.29 is 5.11 Å². The Labute approximate surface area is 117 Å². The Morgan fingerprint density at radius 1 is 1.21 bits per heavy atom. The summed E-state index contributed by atoms with van der Waals surface area (Å²) < 4.78 is 0. The molecule has 0 spiro atoms. The van der Waals surface area contributed by atoms with Gasteiger partial charge < -0.3 is 16.2 Å². The van der Waals surface area contributed by atoms with Crippen molar-refractivity contribution in [2.45, 2.75) is 70.8 Å². The summed E-state index contributed by atoms with van der Waals surface area (Å²) in [6.07, 6.45) is 10.7. The molecule has 0 amide bonds. The van der Waals surface area contributed by atoms with E-state index < -0.39 is 0 Å². The predicted octanol–water partition coefficient (Wildman–Crippen LogP) is 2.41. The molecule has 4 N–H and O–H groups in total. The van der Waals surface area contributed by atoms with Gasteiger partial charge in [0.25, 0.3) is 0 Å². The Bertz CT molecular complexity index is 256. The third-order valence-electron chi connectivity index (χ3n) is 3.95. The number of rotatable bonds is 9. The first-order valence-electron chi connectivity index (χ1n) is 7.96. The topological polar surface area (TPSA) is 70.6 Å². The number of unbranched alkanes of at least 4 members (excludes halogenated alkanes) is 5. The molecule has 0 bridgehead atoms. The molecule has 0 aliphatic heterocycles. The molecule has 19 heavy (non-hydrogen) atoms. The Morgan fingerprint density at radius 2 is 1.95 bits per heavy atom. The Morgan fingerprint density at radius 3 is 2.63 bits per heavy atom. The lowest BCUT2D eigenvalue weighted by Crippen LogP contribution is -2.33. The molecule has 0 aromatic heterocycles. The number of hydrogen-bond acceptors (Lipinski definition) is 2. The second kappa shape index (κ2) is 10.1. The summed E-state index contributed by atoms with van der Waals surface area (Å²) >= 11 is 0. The van der Waals surface area contributed by atoms with Gasteiger partial charge in [-0.15, -0.1) is 0 Å². The molecule has 1 aliphatic carbocycles. The van der Waals surface area contributed by atoms with E-state index in [0.29, 0.717) is 18.4 Å². The second-order valence-electron chi connectivity index (χ2n) is 5.68. The summed E-state index contributed by atoms with van der Waals surface area (Å²) in [4.78, 5) is 4.33. The summed E-state index contributed by atoms with van der Waals surface area (Å²) in [6, 6.07) is 0. The maximum Gasteiger partial charge on any atom is 0.188 e. The van der Waals surface area contributed by atoms with Crippen LogP contribution in [0.15, 0.2) is 4.99 Å². The molecule has 112 valence electrons. The molecule has 2 atom stereocenters. The summed E-state index contributed by atoms with van der Waals surface area (Å²) in [6.45, 7) is 3.81. The Hall–Kier alpha value is -0.770. The first kappa shape index (κ1) is 16.3. The SMILES string of the molecule is CCCCCCCCNC(N)=NCC1CCCC1O. The first-order valence-corrected chi connectivity index (χ1v) is 7.96. The second-order valence-corrected chi connectivity index (χ2v) is 5.68. The highest BCUT2D eigenvalue weighted by atomic mass is 16.3. The average molecular weight is 269 g/mol. The standard InChI is InChI=1S/C15H31N3O/c1-2-3-4-5-6-7-11-17-15(16)18-12-13-9-8-10-14(13)19/h13-14,19H,2-12H2,1H3,(H3,16,17,18). The molecule has 1 aliphatic rings. The minimum Gasteiger partial charge on any atom is -0.393 e. The molecule has 0 saturated heterocycles. The summed E-state index contributed by atoms with van der Waals surface area (Å²) in [5, 5.41) is 12.8. The van der Waals surface area contributed by atoms with Crippen molar-refractivity contribution in [3.8, 4) is 0 Å². The van der Waals surface area contributed by atoms with Crippen LogP contribution in [0.5, 0.6) is 0 Å². The van der Waals surface area contributed by atoms with E-state index in [-0.39, 0.29) is 6.10 Å². The zero-order valence-corrected chi connectivity index (χ0v) is 12.4. The molecule has 0 aromatic rings. The van der Waals surface area contributed by atoms with Gasteiger partial charge in [-0.1, -0.05) is 45.4 Å². The van der Waals surface area contributed by atoms with E-state index >= 15 is 0 Å². The molecule has 0 heterocycles. The van der Waals surface area contributed by atoms with Crippen molar-refractivity contribution in [3.63, 3.8) is 0 Å². The fraction of sp³-hybridized carbons (Fsp3) is 0.933. The highest BCUT2D eigenvalue weighted by Crippen LogP contribution is 2.25. The number of nitrogens with one attached hydrogen (secondary N) is 1. The molecule has 1 saturated carbocycles. The van der Waals surface area contributed by atoms with E-state index in [1.54, 1.807) is 0 Å².